The summed E-state index contributed by atoms with van der Waals surface area (Å²) in [5.74, 6) is -0.160. The van der Waals surface area contributed by atoms with E-state index < -0.39 is 10.0 Å². The van der Waals surface area contributed by atoms with Crippen LogP contribution in [-0.4, -0.2) is 85.4 Å². The van der Waals surface area contributed by atoms with Crippen LogP contribution in [0.25, 0.3) is 33.4 Å². The Morgan fingerprint density at radius 3 is 2.26 bits per heavy atom. The Morgan fingerprint density at radius 2 is 1.60 bits per heavy atom. The summed E-state index contributed by atoms with van der Waals surface area (Å²) in [6, 6.07) is 20.1. The molecule has 1 saturated heterocycles. The standard InChI is InChI=1S/C33H34N6O3S/c1-23-18-24(11-13-31(23)38-16-14-37(4)15-17-38)26-19-28-29(30-12-10-25(20-34-30)33(40)36(2)3)22-39(32(28)35-21-26)43(41,42)27-8-6-5-7-9-27/h5-13,18-22H,14-17H2,1-4H3. The van der Waals surface area contributed by atoms with Gasteiger partial charge in [0.05, 0.1) is 16.2 Å². The molecule has 0 unspecified atom stereocenters. The van der Waals surface area contributed by atoms with Crippen LogP contribution in [0.3, 0.4) is 0 Å². The van der Waals surface area contributed by atoms with Gasteiger partial charge < -0.3 is 14.7 Å². The van der Waals surface area contributed by atoms with Gasteiger partial charge in [-0.1, -0.05) is 24.3 Å². The number of benzene rings is 2. The molecule has 2 aromatic carbocycles. The first-order valence-corrected chi connectivity index (χ1v) is 15.6. The zero-order valence-corrected chi connectivity index (χ0v) is 25.5. The summed E-state index contributed by atoms with van der Waals surface area (Å²) in [7, 11) is 1.58. The quantitative estimate of drug-likeness (QED) is 0.280. The zero-order valence-electron chi connectivity index (χ0n) is 24.7. The molecule has 43 heavy (non-hydrogen) atoms. The summed E-state index contributed by atoms with van der Waals surface area (Å²) < 4.78 is 28.7. The van der Waals surface area contributed by atoms with Crippen molar-refractivity contribution in [1.29, 1.82) is 0 Å². The number of aromatic nitrogens is 3. The van der Waals surface area contributed by atoms with Gasteiger partial charge in [-0.2, -0.15) is 0 Å². The number of piperazine rings is 1. The second kappa shape index (κ2) is 11.3. The van der Waals surface area contributed by atoms with Crippen LogP contribution in [-0.2, 0) is 10.0 Å². The monoisotopic (exact) mass is 594 g/mol. The number of aryl methyl sites for hydroxylation is 1. The van der Waals surface area contributed by atoms with Gasteiger partial charge in [0, 0.05) is 81.1 Å². The molecule has 0 radical (unpaired) electrons. The Bertz CT molecular complexity index is 1910. The van der Waals surface area contributed by atoms with E-state index in [1.54, 1.807) is 69.0 Å². The van der Waals surface area contributed by atoms with E-state index in [4.69, 9.17) is 4.98 Å². The van der Waals surface area contributed by atoms with Gasteiger partial charge in [-0.05, 0) is 67.6 Å². The van der Waals surface area contributed by atoms with Gasteiger partial charge in [-0.15, -0.1) is 0 Å². The minimum atomic E-state index is -3.94. The highest BCUT2D eigenvalue weighted by Gasteiger charge is 2.24. The lowest BCUT2D eigenvalue weighted by Gasteiger charge is -2.35. The van der Waals surface area contributed by atoms with Crippen molar-refractivity contribution in [2.45, 2.75) is 11.8 Å². The van der Waals surface area contributed by atoms with Gasteiger partial charge in [0.25, 0.3) is 15.9 Å². The van der Waals surface area contributed by atoms with Crippen molar-refractivity contribution in [3.05, 3.63) is 96.4 Å². The van der Waals surface area contributed by atoms with Crippen LogP contribution in [0, 0.1) is 6.92 Å². The van der Waals surface area contributed by atoms with Gasteiger partial charge in [0.1, 0.15) is 0 Å². The van der Waals surface area contributed by atoms with E-state index in [0.717, 1.165) is 37.3 Å². The summed E-state index contributed by atoms with van der Waals surface area (Å²) in [5.41, 5.74) is 6.18. The van der Waals surface area contributed by atoms with Crippen molar-refractivity contribution >= 4 is 32.7 Å². The van der Waals surface area contributed by atoms with Crippen LogP contribution in [0.15, 0.2) is 90.2 Å². The number of hydrogen-bond donors (Lipinski definition) is 0. The summed E-state index contributed by atoms with van der Waals surface area (Å²) >= 11 is 0. The van der Waals surface area contributed by atoms with Crippen molar-refractivity contribution in [3.8, 4) is 22.4 Å². The molecule has 220 valence electrons. The molecule has 10 heteroatoms. The van der Waals surface area contributed by atoms with Crippen LogP contribution in [0.4, 0.5) is 5.69 Å². The number of rotatable bonds is 6. The number of hydrogen-bond acceptors (Lipinski definition) is 7. The molecule has 0 atom stereocenters. The normalized spacial score (nSPS) is 14.3. The highest BCUT2D eigenvalue weighted by atomic mass is 32.2. The molecule has 3 aromatic heterocycles. The first kappa shape index (κ1) is 28.6. The van der Waals surface area contributed by atoms with E-state index in [2.05, 4.69) is 47.0 Å². The topological polar surface area (TPSA) is 91.6 Å². The number of carbonyl (C=O) groups excluding carboxylic acids is 1. The Morgan fingerprint density at radius 1 is 0.860 bits per heavy atom. The van der Waals surface area contributed by atoms with Crippen LogP contribution < -0.4 is 4.90 Å². The Balaban J connectivity index is 1.46. The molecule has 4 heterocycles. The van der Waals surface area contributed by atoms with Crippen molar-refractivity contribution in [2.24, 2.45) is 0 Å². The van der Waals surface area contributed by atoms with E-state index in [1.165, 1.54) is 26.3 Å². The van der Waals surface area contributed by atoms with Gasteiger partial charge in [0.15, 0.2) is 5.65 Å². The fourth-order valence-electron chi connectivity index (χ4n) is 5.51. The summed E-state index contributed by atoms with van der Waals surface area (Å²) in [5, 5.41) is 0.650. The highest BCUT2D eigenvalue weighted by Crippen LogP contribution is 2.35. The third kappa shape index (κ3) is 5.39. The first-order chi connectivity index (χ1) is 20.6. The number of carbonyl (C=O) groups is 1. The molecule has 1 aliphatic rings. The third-order valence-electron chi connectivity index (χ3n) is 7.98. The van der Waals surface area contributed by atoms with Crippen LogP contribution in [0.2, 0.25) is 0 Å². The van der Waals surface area contributed by atoms with Gasteiger partial charge >= 0.3 is 0 Å². The average molecular weight is 595 g/mol. The maximum atomic E-state index is 13.8. The smallest absolute Gasteiger partial charge is 0.269 e. The van der Waals surface area contributed by atoms with Crippen LogP contribution in [0.5, 0.6) is 0 Å². The number of likely N-dealkylation sites (N-methyl/N-ethyl adjacent to an activating group) is 1. The molecule has 6 rings (SSSR count). The molecular formula is C33H34N6O3S. The summed E-state index contributed by atoms with van der Waals surface area (Å²) in [6.45, 7) is 6.17. The Labute approximate surface area is 252 Å². The van der Waals surface area contributed by atoms with Gasteiger partial charge in [-0.25, -0.2) is 17.4 Å². The molecule has 1 aliphatic heterocycles. The SMILES string of the molecule is Cc1cc(-c2cnc3c(c2)c(-c2ccc(C(=O)N(C)C)cn2)cn3S(=O)(=O)c2ccccc2)ccc1N1CCN(C)CC1. The maximum Gasteiger partial charge on any atom is 0.269 e. The number of fused-ring (bicyclic) bond motifs is 1. The molecule has 0 N–H and O–H groups in total. The Kier molecular flexibility index (Phi) is 7.49. The van der Waals surface area contributed by atoms with Crippen molar-refractivity contribution in [3.63, 3.8) is 0 Å². The van der Waals surface area contributed by atoms with E-state index in [9.17, 15) is 13.2 Å². The second-order valence-corrected chi connectivity index (χ2v) is 13.0. The van der Waals surface area contributed by atoms with Crippen molar-refractivity contribution < 1.29 is 13.2 Å². The third-order valence-corrected chi connectivity index (χ3v) is 9.64. The molecule has 0 saturated carbocycles. The minimum absolute atomic E-state index is 0.160. The van der Waals surface area contributed by atoms with Gasteiger partial charge in [0.2, 0.25) is 0 Å². The lowest BCUT2D eigenvalue weighted by Crippen LogP contribution is -2.44. The van der Waals surface area contributed by atoms with Crippen LogP contribution >= 0.6 is 0 Å². The van der Waals surface area contributed by atoms with E-state index in [-0.39, 0.29) is 10.8 Å². The molecule has 0 spiro atoms. The maximum absolute atomic E-state index is 13.8. The largest absolute Gasteiger partial charge is 0.369 e. The average Bonchev–Trinajstić information content (AvgIpc) is 3.41. The number of amides is 1. The van der Waals surface area contributed by atoms with E-state index in [1.807, 2.05) is 6.07 Å². The predicted octanol–water partition coefficient (Wildman–Crippen LogP) is 4.76. The van der Waals surface area contributed by atoms with Crippen LogP contribution in [0.1, 0.15) is 15.9 Å². The molecule has 1 fully saturated rings. The highest BCUT2D eigenvalue weighted by molar-refractivity contribution is 7.90. The molecule has 1 amide bonds. The number of anilines is 1. The zero-order chi connectivity index (χ0) is 30.3. The van der Waals surface area contributed by atoms with E-state index >= 15 is 0 Å². The molecule has 9 nitrogen and oxygen atoms in total. The summed E-state index contributed by atoms with van der Waals surface area (Å²) in [6.07, 6.45) is 4.81. The summed E-state index contributed by atoms with van der Waals surface area (Å²) in [4.78, 5) is 28.1. The van der Waals surface area contributed by atoms with Crippen molar-refractivity contribution in [1.82, 2.24) is 23.7 Å². The number of pyridine rings is 2. The fourth-order valence-corrected chi connectivity index (χ4v) is 6.85. The first-order valence-electron chi connectivity index (χ1n) is 14.2. The Hall–Kier alpha value is -4.54. The second-order valence-electron chi connectivity index (χ2n) is 11.2. The number of nitrogens with zero attached hydrogens (tertiary/aromatic N) is 6. The molecular weight excluding hydrogens is 560 g/mol. The lowest BCUT2D eigenvalue weighted by molar-refractivity contribution is 0.0827. The van der Waals surface area contributed by atoms with Gasteiger partial charge in [-0.3, -0.25) is 9.78 Å². The van der Waals surface area contributed by atoms with E-state index in [0.29, 0.717) is 27.9 Å². The van der Waals surface area contributed by atoms with Crippen molar-refractivity contribution in [2.75, 3.05) is 52.2 Å². The molecule has 0 bridgehead atoms. The molecule has 5 aromatic rings. The lowest BCUT2D eigenvalue weighted by atomic mass is 10.0. The predicted molar refractivity (Wildman–Crippen MR) is 170 cm³/mol. The fraction of sp³-hybridized carbons (Fsp3) is 0.242. The minimum Gasteiger partial charge on any atom is -0.369 e. The molecule has 0 aliphatic carbocycles.